The number of hydrogen-bond donors (Lipinski definition) is 2. The molecule has 2 atom stereocenters. The van der Waals surface area contributed by atoms with Crippen LogP contribution in [-0.4, -0.2) is 49.5 Å². The highest BCUT2D eigenvalue weighted by molar-refractivity contribution is 7.10. The van der Waals surface area contributed by atoms with Crippen molar-refractivity contribution in [2.45, 2.75) is 38.8 Å². The highest BCUT2D eigenvalue weighted by Gasteiger charge is 2.26. The minimum atomic E-state index is -0.617. The number of thiophene rings is 1. The third kappa shape index (κ3) is 6.93. The quantitative estimate of drug-likeness (QED) is 0.563. The summed E-state index contributed by atoms with van der Waals surface area (Å²) < 4.78 is 5.13. The van der Waals surface area contributed by atoms with Gasteiger partial charge in [0.15, 0.2) is 0 Å². The lowest BCUT2D eigenvalue weighted by Gasteiger charge is -2.36. The lowest BCUT2D eigenvalue weighted by Crippen LogP contribution is -2.47. The first kappa shape index (κ1) is 24.0. The molecule has 2 heterocycles. The standard InChI is InChI=1S/C25H33N3O3S/c1-18-12-14-28(15-13-18)22(23-5-4-16-32-23)17-26-25(30)19(2)27-24(29)11-8-20-6-9-21(31-3)10-7-20/h4-11,16,18-19,22H,12-15,17H2,1-3H3,(H,26,30)(H,27,29)/b11-8+. The van der Waals surface area contributed by atoms with E-state index in [1.807, 2.05) is 24.3 Å². The summed E-state index contributed by atoms with van der Waals surface area (Å²) in [5, 5.41) is 7.87. The molecule has 1 aliphatic rings. The van der Waals surface area contributed by atoms with Crippen molar-refractivity contribution in [3.05, 3.63) is 58.3 Å². The lowest BCUT2D eigenvalue weighted by atomic mass is 9.97. The summed E-state index contributed by atoms with van der Waals surface area (Å²) in [6, 6.07) is 11.1. The molecule has 0 spiro atoms. The Bertz CT molecular complexity index is 888. The van der Waals surface area contributed by atoms with Crippen molar-refractivity contribution in [3.63, 3.8) is 0 Å². The molecule has 3 rings (SSSR count). The van der Waals surface area contributed by atoms with E-state index in [9.17, 15) is 9.59 Å². The molecular weight excluding hydrogens is 422 g/mol. The first-order valence-electron chi connectivity index (χ1n) is 11.1. The van der Waals surface area contributed by atoms with Crippen LogP contribution in [0.2, 0.25) is 0 Å². The van der Waals surface area contributed by atoms with Crippen LogP contribution in [-0.2, 0) is 9.59 Å². The molecule has 172 valence electrons. The zero-order chi connectivity index (χ0) is 22.9. The molecule has 0 radical (unpaired) electrons. The molecule has 0 saturated carbocycles. The Morgan fingerprint density at radius 2 is 1.94 bits per heavy atom. The van der Waals surface area contributed by atoms with Gasteiger partial charge in [0.2, 0.25) is 11.8 Å². The zero-order valence-corrected chi connectivity index (χ0v) is 19.9. The van der Waals surface area contributed by atoms with Crippen LogP contribution >= 0.6 is 11.3 Å². The monoisotopic (exact) mass is 455 g/mol. The maximum atomic E-state index is 12.7. The van der Waals surface area contributed by atoms with E-state index in [1.54, 1.807) is 31.4 Å². The summed E-state index contributed by atoms with van der Waals surface area (Å²) in [6.45, 7) is 6.63. The second-order valence-corrected chi connectivity index (χ2v) is 9.31. The minimum Gasteiger partial charge on any atom is -0.497 e. The summed E-state index contributed by atoms with van der Waals surface area (Å²) in [5.74, 6) is 1.04. The molecule has 1 fully saturated rings. The Balaban J connectivity index is 1.50. The Morgan fingerprint density at radius 3 is 2.56 bits per heavy atom. The van der Waals surface area contributed by atoms with E-state index < -0.39 is 6.04 Å². The summed E-state index contributed by atoms with van der Waals surface area (Å²) >= 11 is 1.72. The normalized spacial score (nSPS) is 17.1. The highest BCUT2D eigenvalue weighted by atomic mass is 32.1. The number of carbonyl (C=O) groups excluding carboxylic acids is 2. The van der Waals surface area contributed by atoms with Gasteiger partial charge in [-0.25, -0.2) is 0 Å². The van der Waals surface area contributed by atoms with E-state index in [0.717, 1.165) is 30.3 Å². The fraction of sp³-hybridized carbons (Fsp3) is 0.440. The van der Waals surface area contributed by atoms with E-state index in [0.29, 0.717) is 6.54 Å². The molecular formula is C25H33N3O3S. The van der Waals surface area contributed by atoms with Gasteiger partial charge < -0.3 is 15.4 Å². The summed E-state index contributed by atoms with van der Waals surface area (Å²) in [5.41, 5.74) is 0.882. The van der Waals surface area contributed by atoms with Crippen LogP contribution < -0.4 is 15.4 Å². The van der Waals surface area contributed by atoms with E-state index in [1.165, 1.54) is 23.8 Å². The number of rotatable bonds is 9. The number of amides is 2. The first-order valence-corrected chi connectivity index (χ1v) is 12.0. The van der Waals surface area contributed by atoms with Crippen LogP contribution in [0, 0.1) is 5.92 Å². The smallest absolute Gasteiger partial charge is 0.244 e. The fourth-order valence-corrected chi connectivity index (χ4v) is 4.66. The van der Waals surface area contributed by atoms with E-state index in [2.05, 4.69) is 40.0 Å². The minimum absolute atomic E-state index is 0.171. The zero-order valence-electron chi connectivity index (χ0n) is 19.0. The van der Waals surface area contributed by atoms with E-state index in [-0.39, 0.29) is 17.9 Å². The van der Waals surface area contributed by atoms with Crippen LogP contribution in [0.3, 0.4) is 0 Å². The van der Waals surface area contributed by atoms with Gasteiger partial charge in [-0.3, -0.25) is 14.5 Å². The van der Waals surface area contributed by atoms with Gasteiger partial charge in [0.25, 0.3) is 0 Å². The molecule has 2 unspecified atom stereocenters. The number of nitrogens with one attached hydrogen (secondary N) is 2. The van der Waals surface area contributed by atoms with Crippen LogP contribution in [0.1, 0.15) is 43.2 Å². The van der Waals surface area contributed by atoms with Gasteiger partial charge in [-0.15, -0.1) is 11.3 Å². The van der Waals surface area contributed by atoms with Crippen molar-refractivity contribution >= 4 is 29.2 Å². The fourth-order valence-electron chi connectivity index (χ4n) is 3.80. The van der Waals surface area contributed by atoms with Gasteiger partial charge in [0.05, 0.1) is 13.2 Å². The first-order chi connectivity index (χ1) is 15.5. The van der Waals surface area contributed by atoms with Gasteiger partial charge in [-0.2, -0.15) is 0 Å². The molecule has 6 nitrogen and oxygen atoms in total. The molecule has 7 heteroatoms. The summed E-state index contributed by atoms with van der Waals surface area (Å²) in [7, 11) is 1.61. The maximum Gasteiger partial charge on any atom is 0.244 e. The number of piperidine rings is 1. The maximum absolute atomic E-state index is 12.7. The van der Waals surface area contributed by atoms with Crippen LogP contribution in [0.25, 0.3) is 6.08 Å². The average molecular weight is 456 g/mol. The van der Waals surface area contributed by atoms with E-state index >= 15 is 0 Å². The Kier molecular flexibility index (Phi) is 8.88. The Morgan fingerprint density at radius 1 is 1.22 bits per heavy atom. The SMILES string of the molecule is COc1ccc(/C=C/C(=O)NC(C)C(=O)NCC(c2cccs2)N2CCC(C)CC2)cc1. The lowest BCUT2D eigenvalue weighted by molar-refractivity contribution is -0.126. The summed E-state index contributed by atoms with van der Waals surface area (Å²) in [6.07, 6.45) is 5.52. The molecule has 1 aliphatic heterocycles. The van der Waals surface area contributed by atoms with Crippen molar-refractivity contribution < 1.29 is 14.3 Å². The van der Waals surface area contributed by atoms with Crippen LogP contribution in [0.15, 0.2) is 47.9 Å². The Labute approximate surface area is 194 Å². The number of benzene rings is 1. The van der Waals surface area contributed by atoms with Crippen molar-refractivity contribution in [3.8, 4) is 5.75 Å². The third-order valence-electron chi connectivity index (χ3n) is 5.90. The van der Waals surface area contributed by atoms with Crippen LogP contribution in [0.5, 0.6) is 5.75 Å². The van der Waals surface area contributed by atoms with Crippen molar-refractivity contribution in [1.82, 2.24) is 15.5 Å². The second-order valence-electron chi connectivity index (χ2n) is 8.33. The second kappa shape index (κ2) is 11.8. The average Bonchev–Trinajstić information content (AvgIpc) is 3.33. The van der Waals surface area contributed by atoms with Gasteiger partial charge in [0.1, 0.15) is 11.8 Å². The summed E-state index contributed by atoms with van der Waals surface area (Å²) in [4.78, 5) is 28.6. The highest BCUT2D eigenvalue weighted by Crippen LogP contribution is 2.29. The largest absolute Gasteiger partial charge is 0.497 e. The van der Waals surface area contributed by atoms with Gasteiger partial charge in [-0.05, 0) is 74.0 Å². The molecule has 1 aromatic carbocycles. The molecule has 0 aliphatic carbocycles. The van der Waals surface area contributed by atoms with Crippen LogP contribution in [0.4, 0.5) is 0 Å². The van der Waals surface area contributed by atoms with Crippen molar-refractivity contribution in [2.75, 3.05) is 26.7 Å². The number of methoxy groups -OCH3 is 1. The predicted octanol–water partition coefficient (Wildman–Crippen LogP) is 3.86. The number of hydrogen-bond acceptors (Lipinski definition) is 5. The third-order valence-corrected chi connectivity index (χ3v) is 6.87. The predicted molar refractivity (Wildman–Crippen MR) is 130 cm³/mol. The topological polar surface area (TPSA) is 70.7 Å². The molecule has 32 heavy (non-hydrogen) atoms. The van der Waals surface area contributed by atoms with E-state index in [4.69, 9.17) is 4.74 Å². The molecule has 0 bridgehead atoms. The molecule has 1 aromatic heterocycles. The number of ether oxygens (including phenoxy) is 1. The van der Waals surface area contributed by atoms with Crippen molar-refractivity contribution in [1.29, 1.82) is 0 Å². The number of nitrogens with zero attached hydrogens (tertiary/aromatic N) is 1. The molecule has 1 saturated heterocycles. The number of carbonyl (C=O) groups is 2. The van der Waals surface area contributed by atoms with Gasteiger partial charge in [-0.1, -0.05) is 25.1 Å². The van der Waals surface area contributed by atoms with Gasteiger partial charge >= 0.3 is 0 Å². The van der Waals surface area contributed by atoms with Gasteiger partial charge in [0, 0.05) is 17.5 Å². The Hall–Kier alpha value is -2.64. The molecule has 2 amide bonds. The molecule has 2 aromatic rings. The number of likely N-dealkylation sites (tertiary alicyclic amines) is 1. The molecule has 2 N–H and O–H groups in total. The van der Waals surface area contributed by atoms with Crippen molar-refractivity contribution in [2.24, 2.45) is 5.92 Å².